The van der Waals surface area contributed by atoms with Crippen molar-refractivity contribution in [2.45, 2.75) is 9.79 Å². The highest BCUT2D eigenvalue weighted by atomic mass is 32.2. The molecule has 216 valence electrons. The molecule has 0 atom stereocenters. The summed E-state index contributed by atoms with van der Waals surface area (Å²) in [6.07, 6.45) is 4.74. The van der Waals surface area contributed by atoms with Gasteiger partial charge in [-0.05, 0) is 54.6 Å². The van der Waals surface area contributed by atoms with E-state index < -0.39 is 6.09 Å². The summed E-state index contributed by atoms with van der Waals surface area (Å²) in [6, 6.07) is 18.7. The number of hydrogen-bond donors (Lipinski definition) is 1. The van der Waals surface area contributed by atoms with Gasteiger partial charge in [0.25, 0.3) is 5.91 Å². The monoisotopic (exact) mass is 578 g/mol. The van der Waals surface area contributed by atoms with E-state index in [1.807, 2.05) is 66.7 Å². The minimum Gasteiger partial charge on any atom is -0.445 e. The minimum absolute atomic E-state index is 0. The molecule has 0 aliphatic rings. The van der Waals surface area contributed by atoms with Crippen molar-refractivity contribution in [3.05, 3.63) is 83.8 Å². The van der Waals surface area contributed by atoms with Gasteiger partial charge in [-0.3, -0.25) is 9.78 Å². The van der Waals surface area contributed by atoms with Gasteiger partial charge >= 0.3 is 6.09 Å². The molecule has 0 spiro atoms. The van der Waals surface area contributed by atoms with Crippen LogP contribution in [0.1, 0.15) is 23.2 Å². The number of pyridine rings is 1. The molecule has 0 aliphatic heterocycles. The average molecular weight is 579 g/mol. The fraction of sp³-hybridized carbons (Fsp3) is 0.267. The standard InChI is InChI=1S/C30H32N4O6S.H2/c1-31-29(35)25-8-3-4-9-28(25)41-23-11-12-24-26(13-10-22-7-5-6-14-32-22)33-34(27(24)21-23)30(36)40-20-19-39-18-17-38-16-15-37-2;/h3-14,21H,15-20H2,1-2H3,(H,31,35);1H/b13-10+;. The van der Waals surface area contributed by atoms with Crippen molar-refractivity contribution in [2.75, 3.05) is 53.8 Å². The highest BCUT2D eigenvalue weighted by Gasteiger charge is 2.18. The Bertz CT molecular complexity index is 1480. The number of ether oxygens (including phenoxy) is 4. The number of aromatic nitrogens is 3. The van der Waals surface area contributed by atoms with Crippen molar-refractivity contribution in [2.24, 2.45) is 0 Å². The second kappa shape index (κ2) is 15.7. The topological polar surface area (TPSA) is 114 Å². The molecule has 4 aromatic rings. The van der Waals surface area contributed by atoms with E-state index in [0.717, 1.165) is 20.9 Å². The molecule has 1 amide bonds. The normalized spacial score (nSPS) is 11.3. The van der Waals surface area contributed by atoms with Crippen molar-refractivity contribution in [3.8, 4) is 0 Å². The van der Waals surface area contributed by atoms with Crippen LogP contribution in [0.3, 0.4) is 0 Å². The van der Waals surface area contributed by atoms with Crippen LogP contribution in [0.4, 0.5) is 4.79 Å². The summed E-state index contributed by atoms with van der Waals surface area (Å²) in [4.78, 5) is 31.4. The van der Waals surface area contributed by atoms with Gasteiger partial charge in [0, 0.05) is 37.0 Å². The van der Waals surface area contributed by atoms with E-state index in [-0.39, 0.29) is 20.5 Å². The molecule has 10 nitrogen and oxygen atoms in total. The molecule has 2 aromatic carbocycles. The van der Waals surface area contributed by atoms with E-state index in [1.165, 1.54) is 16.4 Å². The molecule has 0 fully saturated rings. The Morgan fingerprint density at radius 1 is 0.951 bits per heavy atom. The first-order valence-electron chi connectivity index (χ1n) is 13.0. The lowest BCUT2D eigenvalue weighted by Gasteiger charge is -2.09. The summed E-state index contributed by atoms with van der Waals surface area (Å²) in [6.45, 7) is 2.11. The van der Waals surface area contributed by atoms with Crippen molar-refractivity contribution >= 4 is 46.8 Å². The van der Waals surface area contributed by atoms with Crippen LogP contribution in [0.25, 0.3) is 23.1 Å². The maximum Gasteiger partial charge on any atom is 0.435 e. The Labute approximate surface area is 244 Å². The molecule has 1 N–H and O–H groups in total. The average Bonchev–Trinajstić information content (AvgIpc) is 3.37. The number of amides is 1. The summed E-state index contributed by atoms with van der Waals surface area (Å²) in [5.74, 6) is -0.173. The molecule has 11 heteroatoms. The second-order valence-electron chi connectivity index (χ2n) is 8.57. The maximum absolute atomic E-state index is 13.1. The van der Waals surface area contributed by atoms with Gasteiger partial charge in [0.15, 0.2) is 0 Å². The molecular weight excluding hydrogens is 544 g/mol. The molecule has 2 heterocycles. The molecule has 0 saturated carbocycles. The van der Waals surface area contributed by atoms with Crippen LogP contribution in [-0.2, 0) is 18.9 Å². The van der Waals surface area contributed by atoms with E-state index in [4.69, 9.17) is 18.9 Å². The predicted molar refractivity (Wildman–Crippen MR) is 159 cm³/mol. The molecule has 0 radical (unpaired) electrons. The van der Waals surface area contributed by atoms with Gasteiger partial charge in [0.1, 0.15) is 6.61 Å². The summed E-state index contributed by atoms with van der Waals surface area (Å²) in [5, 5.41) is 7.99. The first-order chi connectivity index (χ1) is 20.1. The van der Waals surface area contributed by atoms with Crippen LogP contribution in [0.5, 0.6) is 0 Å². The number of carbonyl (C=O) groups excluding carboxylic acids is 2. The van der Waals surface area contributed by atoms with Gasteiger partial charge in [-0.1, -0.05) is 30.0 Å². The Kier molecular flexibility index (Phi) is 11.4. The molecule has 41 heavy (non-hydrogen) atoms. The van der Waals surface area contributed by atoms with Gasteiger partial charge in [-0.15, -0.1) is 0 Å². The van der Waals surface area contributed by atoms with Gasteiger partial charge < -0.3 is 24.3 Å². The van der Waals surface area contributed by atoms with E-state index in [9.17, 15) is 9.59 Å². The molecule has 0 saturated heterocycles. The third-order valence-corrected chi connectivity index (χ3v) is 6.86. The van der Waals surface area contributed by atoms with Gasteiger partial charge in [-0.2, -0.15) is 9.78 Å². The van der Waals surface area contributed by atoms with Crippen LogP contribution in [0.2, 0.25) is 0 Å². The zero-order valence-electron chi connectivity index (χ0n) is 22.9. The number of carbonyl (C=O) groups is 2. The summed E-state index contributed by atoms with van der Waals surface area (Å²) in [5.41, 5.74) is 2.50. The van der Waals surface area contributed by atoms with Crippen LogP contribution >= 0.6 is 11.8 Å². The van der Waals surface area contributed by atoms with Crippen molar-refractivity contribution in [3.63, 3.8) is 0 Å². The number of benzene rings is 2. The zero-order chi connectivity index (χ0) is 28.9. The Morgan fingerprint density at radius 3 is 2.46 bits per heavy atom. The van der Waals surface area contributed by atoms with Crippen LogP contribution in [0, 0.1) is 0 Å². The van der Waals surface area contributed by atoms with Crippen LogP contribution < -0.4 is 5.32 Å². The molecule has 2 aromatic heterocycles. The van der Waals surface area contributed by atoms with Crippen LogP contribution in [-0.4, -0.2) is 80.6 Å². The van der Waals surface area contributed by atoms with E-state index in [2.05, 4.69) is 15.4 Å². The molecular formula is C30H34N4O6S. The quantitative estimate of drug-likeness (QED) is 0.206. The Morgan fingerprint density at radius 2 is 1.71 bits per heavy atom. The lowest BCUT2D eigenvalue weighted by Crippen LogP contribution is -2.19. The number of methoxy groups -OCH3 is 1. The summed E-state index contributed by atoms with van der Waals surface area (Å²) >= 11 is 1.42. The molecule has 4 rings (SSSR count). The van der Waals surface area contributed by atoms with Gasteiger partial charge in [0.2, 0.25) is 0 Å². The second-order valence-corrected chi connectivity index (χ2v) is 9.69. The van der Waals surface area contributed by atoms with Gasteiger partial charge in [0.05, 0.1) is 55.5 Å². The third kappa shape index (κ3) is 8.48. The maximum atomic E-state index is 13.1. The van der Waals surface area contributed by atoms with E-state index in [1.54, 1.807) is 26.4 Å². The molecule has 0 aliphatic carbocycles. The van der Waals surface area contributed by atoms with Crippen LogP contribution in [0.15, 0.2) is 76.7 Å². The number of fused-ring (bicyclic) bond motifs is 1. The number of nitrogens with one attached hydrogen (secondary N) is 1. The van der Waals surface area contributed by atoms with Crippen molar-refractivity contribution in [1.29, 1.82) is 0 Å². The highest BCUT2D eigenvalue weighted by Crippen LogP contribution is 2.33. The fourth-order valence-corrected chi connectivity index (χ4v) is 4.78. The van der Waals surface area contributed by atoms with Crippen molar-refractivity contribution < 1.29 is 30.0 Å². The SMILES string of the molecule is CNC(=O)c1ccccc1Sc1ccc2c(/C=C/c3ccccn3)nn(C(=O)OCCOCCOCCOC)c2c1.[HH]. The number of nitrogens with zero attached hydrogens (tertiary/aromatic N) is 3. The Balaban J connectivity index is 0.00000484. The predicted octanol–water partition coefficient (Wildman–Crippen LogP) is 5.02. The molecule has 0 bridgehead atoms. The lowest BCUT2D eigenvalue weighted by molar-refractivity contribution is 0.0130. The first-order valence-corrected chi connectivity index (χ1v) is 13.8. The smallest absolute Gasteiger partial charge is 0.435 e. The molecule has 0 unspecified atom stereocenters. The summed E-state index contributed by atoms with van der Waals surface area (Å²) < 4.78 is 22.5. The first kappa shape index (κ1) is 29.9. The highest BCUT2D eigenvalue weighted by molar-refractivity contribution is 7.99. The number of hydrogen-bond acceptors (Lipinski definition) is 9. The lowest BCUT2D eigenvalue weighted by atomic mass is 10.2. The summed E-state index contributed by atoms with van der Waals surface area (Å²) in [7, 11) is 3.21. The number of rotatable bonds is 14. The Hall–Kier alpha value is -4.03. The van der Waals surface area contributed by atoms with E-state index in [0.29, 0.717) is 43.2 Å². The minimum atomic E-state index is -0.625. The third-order valence-electron chi connectivity index (χ3n) is 5.80. The van der Waals surface area contributed by atoms with Gasteiger partial charge in [-0.25, -0.2) is 4.79 Å². The fourth-order valence-electron chi connectivity index (χ4n) is 3.80. The van der Waals surface area contributed by atoms with E-state index >= 15 is 0 Å². The largest absolute Gasteiger partial charge is 0.445 e. The zero-order valence-corrected chi connectivity index (χ0v) is 23.8. The van der Waals surface area contributed by atoms with Crippen molar-refractivity contribution in [1.82, 2.24) is 20.1 Å².